The molecule has 1 rings (SSSR count). The van der Waals surface area contributed by atoms with Gasteiger partial charge in [0.15, 0.2) is 0 Å². The fourth-order valence-corrected chi connectivity index (χ4v) is 2.33. The average Bonchev–Trinajstić information content (AvgIpc) is 2.17. The van der Waals surface area contributed by atoms with Crippen LogP contribution in [0.1, 0.15) is 39.5 Å². The third-order valence-corrected chi connectivity index (χ3v) is 3.20. The van der Waals surface area contributed by atoms with Crippen LogP contribution in [0, 0.1) is 5.92 Å². The lowest BCUT2D eigenvalue weighted by Crippen LogP contribution is -2.57. The minimum absolute atomic E-state index is 0.00972. The Bertz CT molecular complexity index is 231. The summed E-state index contributed by atoms with van der Waals surface area (Å²) < 4.78 is 0. The fraction of sp³-hybridized carbons (Fsp3) is 0.909. The van der Waals surface area contributed by atoms with Crippen molar-refractivity contribution < 1.29 is 9.90 Å². The highest BCUT2D eigenvalue weighted by Gasteiger charge is 2.36. The molecule has 4 heteroatoms. The number of aliphatic hydroxyl groups is 1. The molecule has 0 radical (unpaired) electrons. The van der Waals surface area contributed by atoms with Gasteiger partial charge in [0.25, 0.3) is 0 Å². The van der Waals surface area contributed by atoms with Gasteiger partial charge in [0.1, 0.15) is 0 Å². The summed E-state index contributed by atoms with van der Waals surface area (Å²) in [6, 6.07) is -0.509. The lowest BCUT2D eigenvalue weighted by Gasteiger charge is -2.39. The highest BCUT2D eigenvalue weighted by molar-refractivity contribution is 5.81. The molecule has 4 nitrogen and oxygen atoms in total. The van der Waals surface area contributed by atoms with Crippen LogP contribution in [0.2, 0.25) is 0 Å². The van der Waals surface area contributed by atoms with E-state index in [1.165, 1.54) is 6.42 Å². The lowest BCUT2D eigenvalue weighted by atomic mass is 9.76. The Labute approximate surface area is 91.2 Å². The topological polar surface area (TPSA) is 75.3 Å². The summed E-state index contributed by atoms with van der Waals surface area (Å²) in [5.41, 5.74) is 5.08. The first-order valence-electron chi connectivity index (χ1n) is 5.67. The maximum atomic E-state index is 11.5. The van der Waals surface area contributed by atoms with E-state index in [2.05, 4.69) is 12.2 Å². The number of aliphatic hydroxyl groups excluding tert-OH is 1. The predicted molar refractivity (Wildman–Crippen MR) is 59.2 cm³/mol. The second-order valence-electron chi connectivity index (χ2n) is 4.92. The predicted octanol–water partition coefficient (Wildman–Crippen LogP) is 0.391. The van der Waals surface area contributed by atoms with Crippen LogP contribution in [0.25, 0.3) is 0 Å². The zero-order chi connectivity index (χ0) is 11.5. The third kappa shape index (κ3) is 3.18. The summed E-state index contributed by atoms with van der Waals surface area (Å²) in [5, 5.41) is 12.3. The smallest absolute Gasteiger partial charge is 0.237 e. The first-order chi connectivity index (χ1) is 6.99. The summed E-state index contributed by atoms with van der Waals surface area (Å²) in [4.78, 5) is 11.5. The Hall–Kier alpha value is -0.610. The Morgan fingerprint density at radius 1 is 1.73 bits per heavy atom. The van der Waals surface area contributed by atoms with E-state index >= 15 is 0 Å². The molecule has 88 valence electrons. The molecule has 0 aliphatic heterocycles. The molecular formula is C11H22N2O2. The first kappa shape index (κ1) is 12.5. The molecule has 0 heterocycles. The number of hydrogen-bond donors (Lipinski definition) is 3. The minimum atomic E-state index is -0.509. The molecule has 1 saturated carbocycles. The second-order valence-corrected chi connectivity index (χ2v) is 4.92. The van der Waals surface area contributed by atoms with Crippen molar-refractivity contribution in [2.45, 2.75) is 51.1 Å². The van der Waals surface area contributed by atoms with E-state index in [1.54, 1.807) is 6.92 Å². The summed E-state index contributed by atoms with van der Waals surface area (Å²) in [5.74, 6) is 0.387. The van der Waals surface area contributed by atoms with Crippen molar-refractivity contribution in [1.82, 2.24) is 5.32 Å². The molecular weight excluding hydrogens is 192 g/mol. The summed E-state index contributed by atoms with van der Waals surface area (Å²) in [6.45, 7) is 3.82. The molecule has 15 heavy (non-hydrogen) atoms. The number of carbonyl (C=O) groups is 1. The monoisotopic (exact) mass is 214 g/mol. The molecule has 0 bridgehead atoms. The van der Waals surface area contributed by atoms with E-state index in [0.717, 1.165) is 19.3 Å². The van der Waals surface area contributed by atoms with Crippen molar-refractivity contribution in [3.63, 3.8) is 0 Å². The maximum absolute atomic E-state index is 11.5. The van der Waals surface area contributed by atoms with Gasteiger partial charge in [0.05, 0.1) is 18.2 Å². The highest BCUT2D eigenvalue weighted by Crippen LogP contribution is 2.31. The number of hydrogen-bond acceptors (Lipinski definition) is 3. The van der Waals surface area contributed by atoms with E-state index in [-0.39, 0.29) is 12.5 Å². The van der Waals surface area contributed by atoms with Gasteiger partial charge in [0, 0.05) is 0 Å². The van der Waals surface area contributed by atoms with Gasteiger partial charge in [0.2, 0.25) is 5.91 Å². The summed E-state index contributed by atoms with van der Waals surface area (Å²) >= 11 is 0. The van der Waals surface area contributed by atoms with Crippen LogP contribution in [0.5, 0.6) is 0 Å². The Morgan fingerprint density at radius 3 is 2.87 bits per heavy atom. The van der Waals surface area contributed by atoms with E-state index in [0.29, 0.717) is 5.92 Å². The van der Waals surface area contributed by atoms with Crippen LogP contribution in [0.3, 0.4) is 0 Å². The van der Waals surface area contributed by atoms with Gasteiger partial charge in [-0.2, -0.15) is 0 Å². The molecule has 0 aromatic carbocycles. The molecule has 0 aromatic heterocycles. The largest absolute Gasteiger partial charge is 0.394 e. The van der Waals surface area contributed by atoms with Crippen LogP contribution in [0.4, 0.5) is 0 Å². The van der Waals surface area contributed by atoms with Crippen LogP contribution < -0.4 is 11.1 Å². The van der Waals surface area contributed by atoms with Gasteiger partial charge in [-0.15, -0.1) is 0 Å². The van der Waals surface area contributed by atoms with E-state index in [4.69, 9.17) is 5.73 Å². The molecule has 1 amide bonds. The molecule has 4 N–H and O–H groups in total. The number of carbonyl (C=O) groups excluding carboxylic acids is 1. The van der Waals surface area contributed by atoms with Crippen molar-refractivity contribution in [3.8, 4) is 0 Å². The van der Waals surface area contributed by atoms with Gasteiger partial charge in [-0.3, -0.25) is 4.79 Å². The number of amides is 1. The second kappa shape index (κ2) is 4.94. The molecule has 0 aromatic rings. The van der Waals surface area contributed by atoms with Crippen LogP contribution >= 0.6 is 0 Å². The minimum Gasteiger partial charge on any atom is -0.394 e. The molecule has 2 unspecified atom stereocenters. The van der Waals surface area contributed by atoms with Gasteiger partial charge >= 0.3 is 0 Å². The molecule has 0 saturated heterocycles. The molecule has 1 aliphatic carbocycles. The molecule has 1 fully saturated rings. The van der Waals surface area contributed by atoms with E-state index < -0.39 is 11.6 Å². The highest BCUT2D eigenvalue weighted by atomic mass is 16.3. The van der Waals surface area contributed by atoms with Crippen molar-refractivity contribution in [2.75, 3.05) is 6.61 Å². The molecule has 1 aliphatic rings. The van der Waals surface area contributed by atoms with Crippen molar-refractivity contribution in [2.24, 2.45) is 11.7 Å². The fourth-order valence-electron chi connectivity index (χ4n) is 2.33. The van der Waals surface area contributed by atoms with Crippen LogP contribution in [0.15, 0.2) is 0 Å². The quantitative estimate of drug-likeness (QED) is 0.636. The van der Waals surface area contributed by atoms with Gasteiger partial charge in [-0.25, -0.2) is 0 Å². The first-order valence-corrected chi connectivity index (χ1v) is 5.67. The Morgan fingerprint density at radius 2 is 2.40 bits per heavy atom. The van der Waals surface area contributed by atoms with Gasteiger partial charge < -0.3 is 16.2 Å². The van der Waals surface area contributed by atoms with Gasteiger partial charge in [-0.05, 0) is 25.7 Å². The Balaban J connectivity index is 2.63. The SMILES string of the molecule is CC1CCCC(CO)(NC(=O)[C@H](C)N)C1. The van der Waals surface area contributed by atoms with Crippen LogP contribution in [-0.2, 0) is 4.79 Å². The maximum Gasteiger partial charge on any atom is 0.237 e. The molecule has 3 atom stereocenters. The van der Waals surface area contributed by atoms with Crippen molar-refractivity contribution in [1.29, 1.82) is 0 Å². The van der Waals surface area contributed by atoms with Crippen molar-refractivity contribution in [3.05, 3.63) is 0 Å². The molecule has 0 spiro atoms. The number of rotatable bonds is 3. The normalized spacial score (nSPS) is 33.5. The average molecular weight is 214 g/mol. The summed E-state index contributed by atoms with van der Waals surface area (Å²) in [6.07, 6.45) is 3.94. The summed E-state index contributed by atoms with van der Waals surface area (Å²) in [7, 11) is 0. The Kier molecular flexibility index (Phi) is 4.11. The van der Waals surface area contributed by atoms with E-state index in [9.17, 15) is 9.90 Å². The number of nitrogens with two attached hydrogens (primary N) is 1. The lowest BCUT2D eigenvalue weighted by molar-refractivity contribution is -0.125. The third-order valence-electron chi connectivity index (χ3n) is 3.20. The van der Waals surface area contributed by atoms with Crippen LogP contribution in [-0.4, -0.2) is 29.2 Å². The number of nitrogens with one attached hydrogen (secondary N) is 1. The van der Waals surface area contributed by atoms with E-state index in [1.807, 2.05) is 0 Å². The zero-order valence-electron chi connectivity index (χ0n) is 9.62. The standard InChI is InChI=1S/C11H22N2O2/c1-8-4-3-5-11(6-8,7-14)13-10(15)9(2)12/h8-9,14H,3-7,12H2,1-2H3,(H,13,15)/t8?,9-,11?/m0/s1. The van der Waals surface area contributed by atoms with Gasteiger partial charge in [-0.1, -0.05) is 19.8 Å². The van der Waals surface area contributed by atoms with Crippen molar-refractivity contribution >= 4 is 5.91 Å². The zero-order valence-corrected chi connectivity index (χ0v) is 9.62.